The molecule has 1 aliphatic rings. The molecule has 0 saturated carbocycles. The number of nitrogens with one attached hydrogen (secondary N) is 1. The first kappa shape index (κ1) is 6.09. The first-order valence-electron chi connectivity index (χ1n) is 3.52. The summed E-state index contributed by atoms with van der Waals surface area (Å²) in [6, 6.07) is 0.763. The molecular weight excluding hydrogens is 98.1 g/mol. The van der Waals surface area contributed by atoms with E-state index in [1.165, 1.54) is 19.4 Å². The van der Waals surface area contributed by atoms with Gasteiger partial charge in [0.1, 0.15) is 0 Å². The molecule has 0 aliphatic carbocycles. The number of hydrogen-bond acceptors (Lipinski definition) is 1. The Morgan fingerprint density at radius 2 is 2.12 bits per heavy atom. The van der Waals surface area contributed by atoms with Gasteiger partial charge in [0, 0.05) is 6.04 Å². The molecule has 8 heavy (non-hydrogen) atoms. The standard InChI is InChI=1S/C7H15N/c1-6-3-4-8-7(2)5-6/h6-8H,3-5H2,1-2H3/t6?,7-/m0/s1. The van der Waals surface area contributed by atoms with Crippen LogP contribution in [0.25, 0.3) is 0 Å². The Hall–Kier alpha value is -0.0400. The quantitative estimate of drug-likeness (QED) is 0.500. The highest BCUT2D eigenvalue weighted by Gasteiger charge is 2.12. The zero-order valence-electron chi connectivity index (χ0n) is 5.78. The molecule has 0 bridgehead atoms. The van der Waals surface area contributed by atoms with Gasteiger partial charge in [-0.05, 0) is 32.2 Å². The molecule has 1 heterocycles. The minimum Gasteiger partial charge on any atom is -0.314 e. The Bertz CT molecular complexity index is 62.8. The smallest absolute Gasteiger partial charge is 0.00412 e. The molecule has 1 fully saturated rings. The van der Waals surface area contributed by atoms with E-state index >= 15 is 0 Å². The highest BCUT2D eigenvalue weighted by molar-refractivity contribution is 4.71. The van der Waals surface area contributed by atoms with Gasteiger partial charge in [-0.15, -0.1) is 0 Å². The molecule has 1 heteroatoms. The highest BCUT2D eigenvalue weighted by Crippen LogP contribution is 2.13. The summed E-state index contributed by atoms with van der Waals surface area (Å²) in [7, 11) is 0. The van der Waals surface area contributed by atoms with E-state index in [1.54, 1.807) is 0 Å². The molecule has 0 amide bonds. The van der Waals surface area contributed by atoms with Crippen molar-refractivity contribution in [3.05, 3.63) is 0 Å². The van der Waals surface area contributed by atoms with Crippen LogP contribution in [0.5, 0.6) is 0 Å². The summed E-state index contributed by atoms with van der Waals surface area (Å²) in [5, 5.41) is 3.41. The molecule has 1 saturated heterocycles. The lowest BCUT2D eigenvalue weighted by Gasteiger charge is -2.24. The molecule has 0 aromatic heterocycles. The Labute approximate surface area is 51.5 Å². The van der Waals surface area contributed by atoms with E-state index in [2.05, 4.69) is 19.2 Å². The zero-order chi connectivity index (χ0) is 5.98. The van der Waals surface area contributed by atoms with E-state index in [0.717, 1.165) is 12.0 Å². The van der Waals surface area contributed by atoms with Crippen molar-refractivity contribution >= 4 is 0 Å². The Morgan fingerprint density at radius 1 is 1.38 bits per heavy atom. The molecular formula is C7H15N. The Balaban J connectivity index is 2.23. The summed E-state index contributed by atoms with van der Waals surface area (Å²) >= 11 is 0. The molecule has 1 rings (SSSR count). The van der Waals surface area contributed by atoms with Crippen molar-refractivity contribution in [3.8, 4) is 0 Å². The van der Waals surface area contributed by atoms with Gasteiger partial charge in [-0.3, -0.25) is 0 Å². The third-order valence-corrected chi connectivity index (χ3v) is 1.89. The third-order valence-electron chi connectivity index (χ3n) is 1.89. The largest absolute Gasteiger partial charge is 0.314 e. The minimum absolute atomic E-state index is 0.763. The molecule has 48 valence electrons. The lowest BCUT2D eigenvalue weighted by molar-refractivity contribution is 0.336. The van der Waals surface area contributed by atoms with E-state index in [-0.39, 0.29) is 0 Å². The average Bonchev–Trinajstić information content (AvgIpc) is 1.64. The van der Waals surface area contributed by atoms with Crippen LogP contribution in [-0.2, 0) is 0 Å². The van der Waals surface area contributed by atoms with E-state index < -0.39 is 0 Å². The molecule has 2 atom stereocenters. The number of rotatable bonds is 0. The summed E-state index contributed by atoms with van der Waals surface area (Å²) in [6.07, 6.45) is 2.73. The van der Waals surface area contributed by atoms with Gasteiger partial charge in [0.2, 0.25) is 0 Å². The second-order valence-corrected chi connectivity index (χ2v) is 2.98. The van der Waals surface area contributed by atoms with Crippen LogP contribution < -0.4 is 5.32 Å². The van der Waals surface area contributed by atoms with Crippen molar-refractivity contribution in [1.82, 2.24) is 5.32 Å². The lowest BCUT2D eigenvalue weighted by Crippen LogP contribution is -2.34. The van der Waals surface area contributed by atoms with Gasteiger partial charge in [0.05, 0.1) is 0 Å². The second kappa shape index (κ2) is 2.49. The predicted octanol–water partition coefficient (Wildman–Crippen LogP) is 1.39. The van der Waals surface area contributed by atoms with Crippen LogP contribution in [0.3, 0.4) is 0 Å². The van der Waals surface area contributed by atoms with Crippen molar-refractivity contribution in [2.24, 2.45) is 5.92 Å². The van der Waals surface area contributed by atoms with Crippen LogP contribution in [-0.4, -0.2) is 12.6 Å². The van der Waals surface area contributed by atoms with Crippen LogP contribution in [0.2, 0.25) is 0 Å². The predicted molar refractivity (Wildman–Crippen MR) is 35.9 cm³/mol. The molecule has 1 N–H and O–H groups in total. The van der Waals surface area contributed by atoms with Gasteiger partial charge in [-0.1, -0.05) is 6.92 Å². The third kappa shape index (κ3) is 1.48. The Morgan fingerprint density at radius 3 is 2.50 bits per heavy atom. The molecule has 0 aromatic rings. The number of hydrogen-bond donors (Lipinski definition) is 1. The van der Waals surface area contributed by atoms with Crippen molar-refractivity contribution in [3.63, 3.8) is 0 Å². The van der Waals surface area contributed by atoms with Crippen molar-refractivity contribution < 1.29 is 0 Å². The van der Waals surface area contributed by atoms with Gasteiger partial charge in [0.25, 0.3) is 0 Å². The van der Waals surface area contributed by atoms with E-state index in [0.29, 0.717) is 0 Å². The second-order valence-electron chi connectivity index (χ2n) is 2.98. The van der Waals surface area contributed by atoms with Gasteiger partial charge in [-0.25, -0.2) is 0 Å². The summed E-state index contributed by atoms with van der Waals surface area (Å²) < 4.78 is 0. The monoisotopic (exact) mass is 113 g/mol. The van der Waals surface area contributed by atoms with Gasteiger partial charge >= 0.3 is 0 Å². The van der Waals surface area contributed by atoms with Crippen LogP contribution in [0, 0.1) is 5.92 Å². The minimum atomic E-state index is 0.763. The van der Waals surface area contributed by atoms with Crippen LogP contribution >= 0.6 is 0 Å². The lowest BCUT2D eigenvalue weighted by atomic mass is 9.96. The summed E-state index contributed by atoms with van der Waals surface area (Å²) in [5.74, 6) is 0.950. The fourth-order valence-electron chi connectivity index (χ4n) is 1.38. The fraction of sp³-hybridized carbons (Fsp3) is 1.00. The van der Waals surface area contributed by atoms with Crippen molar-refractivity contribution in [1.29, 1.82) is 0 Å². The average molecular weight is 113 g/mol. The summed E-state index contributed by atoms with van der Waals surface area (Å²) in [6.45, 7) is 5.81. The zero-order valence-corrected chi connectivity index (χ0v) is 5.78. The number of piperidine rings is 1. The summed E-state index contributed by atoms with van der Waals surface area (Å²) in [5.41, 5.74) is 0. The van der Waals surface area contributed by atoms with Crippen LogP contribution in [0.15, 0.2) is 0 Å². The van der Waals surface area contributed by atoms with Gasteiger partial charge in [0.15, 0.2) is 0 Å². The first-order valence-corrected chi connectivity index (χ1v) is 3.52. The molecule has 1 unspecified atom stereocenters. The van der Waals surface area contributed by atoms with E-state index in [9.17, 15) is 0 Å². The molecule has 1 aliphatic heterocycles. The maximum absolute atomic E-state index is 3.41. The summed E-state index contributed by atoms with van der Waals surface area (Å²) in [4.78, 5) is 0. The van der Waals surface area contributed by atoms with Gasteiger partial charge < -0.3 is 5.32 Å². The molecule has 0 radical (unpaired) electrons. The van der Waals surface area contributed by atoms with E-state index in [1.807, 2.05) is 0 Å². The topological polar surface area (TPSA) is 12.0 Å². The SMILES string of the molecule is CC1CCN[C@@H](C)C1. The normalized spacial score (nSPS) is 39.8. The first-order chi connectivity index (χ1) is 3.79. The maximum atomic E-state index is 3.41. The molecule has 0 aromatic carbocycles. The fourth-order valence-corrected chi connectivity index (χ4v) is 1.38. The Kier molecular flexibility index (Phi) is 1.90. The highest BCUT2D eigenvalue weighted by atomic mass is 14.9. The molecule has 0 spiro atoms. The van der Waals surface area contributed by atoms with Crippen molar-refractivity contribution in [2.45, 2.75) is 32.7 Å². The van der Waals surface area contributed by atoms with Gasteiger partial charge in [-0.2, -0.15) is 0 Å². The van der Waals surface area contributed by atoms with E-state index in [4.69, 9.17) is 0 Å². The molecule has 1 nitrogen and oxygen atoms in total. The maximum Gasteiger partial charge on any atom is 0.00412 e. The van der Waals surface area contributed by atoms with Crippen LogP contribution in [0.1, 0.15) is 26.7 Å². The van der Waals surface area contributed by atoms with Crippen molar-refractivity contribution in [2.75, 3.05) is 6.54 Å². The van der Waals surface area contributed by atoms with Crippen LogP contribution in [0.4, 0.5) is 0 Å².